The highest BCUT2D eigenvalue weighted by molar-refractivity contribution is 5.94. The molecule has 0 aliphatic heterocycles. The van der Waals surface area contributed by atoms with Crippen LogP contribution >= 0.6 is 0 Å². The summed E-state index contributed by atoms with van der Waals surface area (Å²) < 4.78 is 1.28. The van der Waals surface area contributed by atoms with Crippen LogP contribution in [0.2, 0.25) is 0 Å². The van der Waals surface area contributed by atoms with E-state index in [0.29, 0.717) is 11.0 Å². The van der Waals surface area contributed by atoms with Crippen LogP contribution in [-0.2, 0) is 11.3 Å². The van der Waals surface area contributed by atoms with Crippen molar-refractivity contribution >= 4 is 28.3 Å². The van der Waals surface area contributed by atoms with Crippen molar-refractivity contribution in [2.75, 3.05) is 5.32 Å². The molecule has 0 fully saturated rings. The Bertz CT molecular complexity index is 1090. The second-order valence-electron chi connectivity index (χ2n) is 5.93. The van der Waals surface area contributed by atoms with Crippen LogP contribution < -0.4 is 10.9 Å². The van der Waals surface area contributed by atoms with Gasteiger partial charge in [-0.1, -0.05) is 12.1 Å². The van der Waals surface area contributed by atoms with E-state index in [0.717, 1.165) is 17.3 Å². The molecule has 0 saturated heterocycles. The van der Waals surface area contributed by atoms with Gasteiger partial charge in [-0.2, -0.15) is 0 Å². The van der Waals surface area contributed by atoms with Gasteiger partial charge >= 0.3 is 0 Å². The molecule has 0 unspecified atom stereocenters. The van der Waals surface area contributed by atoms with E-state index in [-0.39, 0.29) is 17.9 Å². The number of amides is 1. The topological polar surface area (TPSA) is 107 Å². The molecule has 0 radical (unpaired) electrons. The maximum absolute atomic E-state index is 12.4. The predicted octanol–water partition coefficient (Wildman–Crippen LogP) is 2.56. The Hall–Kier alpha value is -3.55. The van der Waals surface area contributed by atoms with Crippen LogP contribution in [0.1, 0.15) is 11.1 Å². The highest BCUT2D eigenvalue weighted by Gasteiger charge is 2.18. The zero-order chi connectivity index (χ0) is 18.8. The monoisotopic (exact) mass is 352 g/mol. The summed E-state index contributed by atoms with van der Waals surface area (Å²) in [6, 6.07) is 9.92. The number of rotatable bonds is 4. The predicted molar refractivity (Wildman–Crippen MR) is 97.2 cm³/mol. The van der Waals surface area contributed by atoms with Crippen LogP contribution in [0.5, 0.6) is 0 Å². The van der Waals surface area contributed by atoms with E-state index in [2.05, 4.69) is 10.3 Å². The second kappa shape index (κ2) is 6.75. The maximum Gasteiger partial charge on any atom is 0.293 e. The molecule has 1 aromatic heterocycles. The molecule has 1 N–H and O–H groups in total. The van der Waals surface area contributed by atoms with Gasteiger partial charge in [0.05, 0.1) is 22.2 Å². The highest BCUT2D eigenvalue weighted by atomic mass is 16.6. The molecule has 0 aliphatic carbocycles. The second-order valence-corrected chi connectivity index (χ2v) is 5.93. The first-order valence-electron chi connectivity index (χ1n) is 7.87. The van der Waals surface area contributed by atoms with Gasteiger partial charge in [0.25, 0.3) is 11.2 Å². The normalized spacial score (nSPS) is 10.7. The summed E-state index contributed by atoms with van der Waals surface area (Å²) in [5, 5.41) is 13.8. The first-order valence-corrected chi connectivity index (χ1v) is 7.87. The summed E-state index contributed by atoms with van der Waals surface area (Å²) in [7, 11) is 0. The minimum Gasteiger partial charge on any atom is -0.319 e. The number of nitro groups is 1. The number of benzene rings is 2. The third kappa shape index (κ3) is 3.30. The van der Waals surface area contributed by atoms with Crippen molar-refractivity contribution < 1.29 is 9.72 Å². The lowest BCUT2D eigenvalue weighted by Crippen LogP contribution is -2.28. The number of nitro benzene ring substituents is 1. The summed E-state index contributed by atoms with van der Waals surface area (Å²) in [5.74, 6) is -0.533. The largest absolute Gasteiger partial charge is 0.319 e. The minimum absolute atomic E-state index is 0.106. The number of nitrogens with one attached hydrogen (secondary N) is 1. The van der Waals surface area contributed by atoms with Gasteiger partial charge in [-0.05, 0) is 43.2 Å². The van der Waals surface area contributed by atoms with Gasteiger partial charge in [-0.15, -0.1) is 0 Å². The van der Waals surface area contributed by atoms with Crippen LogP contribution in [-0.4, -0.2) is 20.4 Å². The van der Waals surface area contributed by atoms with Gasteiger partial charge < -0.3 is 5.32 Å². The molecule has 0 atom stereocenters. The smallest absolute Gasteiger partial charge is 0.293 e. The van der Waals surface area contributed by atoms with Gasteiger partial charge in [0.1, 0.15) is 12.2 Å². The number of carbonyl (C=O) groups is 1. The van der Waals surface area contributed by atoms with E-state index in [1.165, 1.54) is 10.6 Å². The van der Waals surface area contributed by atoms with E-state index in [4.69, 9.17) is 0 Å². The highest BCUT2D eigenvalue weighted by Crippen LogP contribution is 2.28. The van der Waals surface area contributed by atoms with Crippen LogP contribution in [0, 0.1) is 24.0 Å². The Balaban J connectivity index is 1.94. The Labute approximate surface area is 148 Å². The van der Waals surface area contributed by atoms with E-state index < -0.39 is 16.4 Å². The quantitative estimate of drug-likeness (QED) is 0.573. The fourth-order valence-electron chi connectivity index (χ4n) is 2.66. The average Bonchev–Trinajstić information content (AvgIpc) is 2.60. The zero-order valence-electron chi connectivity index (χ0n) is 14.2. The first-order chi connectivity index (χ1) is 12.4. The number of aryl methyl sites for hydroxylation is 2. The Morgan fingerprint density at radius 2 is 1.92 bits per heavy atom. The van der Waals surface area contributed by atoms with Gasteiger partial charge in [-0.25, -0.2) is 4.98 Å². The summed E-state index contributed by atoms with van der Waals surface area (Å²) in [6.07, 6.45) is 1.15. The van der Waals surface area contributed by atoms with Gasteiger partial charge in [0.2, 0.25) is 5.91 Å². The van der Waals surface area contributed by atoms with Crippen LogP contribution in [0.4, 0.5) is 11.4 Å². The molecule has 132 valence electrons. The van der Waals surface area contributed by atoms with Crippen molar-refractivity contribution in [3.8, 4) is 0 Å². The van der Waals surface area contributed by atoms with Crippen molar-refractivity contribution in [3.63, 3.8) is 0 Å². The molecule has 3 aromatic rings. The summed E-state index contributed by atoms with van der Waals surface area (Å²) in [4.78, 5) is 39.3. The molecule has 1 heterocycles. The molecule has 0 spiro atoms. The molecular weight excluding hydrogens is 336 g/mol. The fourth-order valence-corrected chi connectivity index (χ4v) is 2.66. The van der Waals surface area contributed by atoms with Crippen molar-refractivity contribution in [2.24, 2.45) is 0 Å². The van der Waals surface area contributed by atoms with Gasteiger partial charge in [0, 0.05) is 6.07 Å². The number of nitrogens with zero attached hydrogens (tertiary/aromatic N) is 3. The number of hydrogen-bond acceptors (Lipinski definition) is 5. The van der Waals surface area contributed by atoms with Gasteiger partial charge in [-0.3, -0.25) is 24.3 Å². The number of para-hydroxylation sites is 2. The zero-order valence-corrected chi connectivity index (χ0v) is 14.2. The summed E-state index contributed by atoms with van der Waals surface area (Å²) in [5.41, 5.74) is 2.17. The summed E-state index contributed by atoms with van der Waals surface area (Å²) >= 11 is 0. The van der Waals surface area contributed by atoms with Crippen LogP contribution in [0.25, 0.3) is 11.0 Å². The number of hydrogen-bond donors (Lipinski definition) is 1. The Morgan fingerprint density at radius 3 is 2.65 bits per heavy atom. The lowest BCUT2D eigenvalue weighted by molar-refractivity contribution is -0.384. The lowest BCUT2D eigenvalue weighted by Gasteiger charge is -2.11. The maximum atomic E-state index is 12.4. The number of aromatic nitrogens is 2. The van der Waals surface area contributed by atoms with E-state index in [1.807, 2.05) is 0 Å². The van der Waals surface area contributed by atoms with E-state index >= 15 is 0 Å². The summed E-state index contributed by atoms with van der Waals surface area (Å²) in [6.45, 7) is 3.29. The van der Waals surface area contributed by atoms with Crippen molar-refractivity contribution in [3.05, 3.63) is 74.2 Å². The molecule has 1 amide bonds. The van der Waals surface area contributed by atoms with Crippen molar-refractivity contribution in [1.29, 1.82) is 0 Å². The molecule has 0 aliphatic rings. The van der Waals surface area contributed by atoms with Crippen molar-refractivity contribution in [2.45, 2.75) is 20.4 Å². The molecule has 0 bridgehead atoms. The number of anilines is 1. The Morgan fingerprint density at radius 1 is 1.23 bits per heavy atom. The molecule has 8 nitrogen and oxygen atoms in total. The van der Waals surface area contributed by atoms with E-state index in [9.17, 15) is 19.7 Å². The molecule has 2 aromatic carbocycles. The third-order valence-electron chi connectivity index (χ3n) is 4.14. The van der Waals surface area contributed by atoms with Gasteiger partial charge in [0.15, 0.2) is 0 Å². The Kier molecular flexibility index (Phi) is 4.49. The molecule has 26 heavy (non-hydrogen) atoms. The van der Waals surface area contributed by atoms with E-state index in [1.54, 1.807) is 44.2 Å². The average molecular weight is 352 g/mol. The molecule has 0 saturated carbocycles. The van der Waals surface area contributed by atoms with Crippen molar-refractivity contribution in [1.82, 2.24) is 9.55 Å². The first kappa shape index (κ1) is 17.3. The number of fused-ring (bicyclic) bond motifs is 1. The lowest BCUT2D eigenvalue weighted by atomic mass is 10.1. The molecular formula is C18H16N4O4. The molecule has 8 heteroatoms. The molecule has 3 rings (SSSR count). The number of carbonyl (C=O) groups excluding carboxylic acids is 1. The van der Waals surface area contributed by atoms with Crippen LogP contribution in [0.3, 0.4) is 0 Å². The third-order valence-corrected chi connectivity index (χ3v) is 4.14. The standard InChI is InChI=1S/C18H16N4O4/c1-11-7-14(16(22(25)26)8-12(11)2)20-17(23)10-21-15-6-4-3-5-13(15)19-9-18(21)24/h3-9H,10H2,1-2H3,(H,20,23). The minimum atomic E-state index is -0.546. The SMILES string of the molecule is Cc1cc(NC(=O)Cn2c(=O)cnc3ccccc32)c([N+](=O)[O-])cc1C. The fraction of sp³-hybridized carbons (Fsp3) is 0.167. The van der Waals surface area contributed by atoms with Crippen LogP contribution in [0.15, 0.2) is 47.4 Å².